The lowest BCUT2D eigenvalue weighted by Crippen LogP contribution is -2.31. The molecule has 0 aromatic heterocycles. The minimum Gasteiger partial charge on any atom is -0.503 e. The Labute approximate surface area is 170 Å². The van der Waals surface area contributed by atoms with Gasteiger partial charge in [-0.25, -0.2) is 0 Å². The predicted octanol–water partition coefficient (Wildman–Crippen LogP) is 4.47. The molecule has 1 aliphatic rings. The molecule has 9 heteroatoms. The van der Waals surface area contributed by atoms with Gasteiger partial charge in [0.05, 0.1) is 18.7 Å². The number of hydrogen-bond acceptors (Lipinski definition) is 5. The Morgan fingerprint density at radius 2 is 1.63 bits per heavy atom. The second kappa shape index (κ2) is 8.10. The van der Waals surface area contributed by atoms with Crippen molar-refractivity contribution >= 4 is 17.4 Å². The fraction of sp³-hybridized carbons (Fsp3) is 0.238. The smallest absolute Gasteiger partial charge is 0.503 e. The first kappa shape index (κ1) is 21.2. The number of Topliss-reactive ketones (excluding diaryl/α,β-unsaturated/α-hetero) is 1. The van der Waals surface area contributed by atoms with E-state index in [0.29, 0.717) is 11.3 Å². The van der Waals surface area contributed by atoms with Crippen LogP contribution in [0, 0.1) is 0 Å². The highest BCUT2D eigenvalue weighted by atomic mass is 19.4. The van der Waals surface area contributed by atoms with Crippen LogP contribution in [0.3, 0.4) is 0 Å². The standard InChI is InChI=1S/C21H18F3NO5/c1-3-16(26)17-18(12-4-8-14(29-2)9-5-12)25(20(28)19(17)27)13-6-10-15(11-7-13)30-21(22,23)24/h4-11,18,27H,3H2,1-2H3. The van der Waals surface area contributed by atoms with Crippen molar-refractivity contribution in [3.05, 3.63) is 65.4 Å². The highest BCUT2D eigenvalue weighted by Crippen LogP contribution is 2.42. The van der Waals surface area contributed by atoms with Gasteiger partial charge in [0.1, 0.15) is 11.5 Å². The van der Waals surface area contributed by atoms with Crippen molar-refractivity contribution in [2.45, 2.75) is 25.7 Å². The minimum atomic E-state index is -4.85. The molecule has 0 saturated heterocycles. The van der Waals surface area contributed by atoms with Gasteiger partial charge in [-0.3, -0.25) is 14.5 Å². The summed E-state index contributed by atoms with van der Waals surface area (Å²) in [5.74, 6) is -1.82. The summed E-state index contributed by atoms with van der Waals surface area (Å²) in [6, 6.07) is 10.2. The number of halogens is 3. The van der Waals surface area contributed by atoms with Crippen LogP contribution < -0.4 is 14.4 Å². The molecular weight excluding hydrogens is 403 g/mol. The molecule has 0 bridgehead atoms. The van der Waals surface area contributed by atoms with E-state index in [0.717, 1.165) is 17.0 Å². The number of nitrogens with zero attached hydrogens (tertiary/aromatic N) is 1. The SMILES string of the molecule is CCC(=O)C1=C(O)C(=O)N(c2ccc(OC(F)(F)F)cc2)C1c1ccc(OC)cc1. The van der Waals surface area contributed by atoms with Crippen molar-refractivity contribution in [2.24, 2.45) is 0 Å². The number of alkyl halides is 3. The van der Waals surface area contributed by atoms with Gasteiger partial charge >= 0.3 is 6.36 Å². The van der Waals surface area contributed by atoms with Crippen molar-refractivity contribution in [3.63, 3.8) is 0 Å². The van der Waals surface area contributed by atoms with E-state index in [1.807, 2.05) is 0 Å². The summed E-state index contributed by atoms with van der Waals surface area (Å²) in [6.45, 7) is 1.60. The number of ether oxygens (including phenoxy) is 2. The highest BCUT2D eigenvalue weighted by Gasteiger charge is 2.44. The van der Waals surface area contributed by atoms with Gasteiger partial charge in [0.2, 0.25) is 0 Å². The Hall–Kier alpha value is -3.49. The van der Waals surface area contributed by atoms with Gasteiger partial charge in [-0.1, -0.05) is 19.1 Å². The minimum absolute atomic E-state index is 0.0610. The first-order valence-electron chi connectivity index (χ1n) is 8.96. The number of aliphatic hydroxyl groups excluding tert-OH is 1. The molecule has 0 spiro atoms. The Bertz CT molecular complexity index is 981. The summed E-state index contributed by atoms with van der Waals surface area (Å²) in [5.41, 5.74) is 0.657. The Kier molecular flexibility index (Phi) is 5.73. The first-order chi connectivity index (χ1) is 14.2. The summed E-state index contributed by atoms with van der Waals surface area (Å²) in [4.78, 5) is 26.4. The molecule has 30 heavy (non-hydrogen) atoms. The Balaban J connectivity index is 2.05. The summed E-state index contributed by atoms with van der Waals surface area (Å²) in [7, 11) is 1.49. The van der Waals surface area contributed by atoms with Crippen LogP contribution >= 0.6 is 0 Å². The van der Waals surface area contributed by atoms with E-state index in [-0.39, 0.29) is 17.7 Å². The number of benzene rings is 2. The number of carbonyl (C=O) groups is 2. The van der Waals surface area contributed by atoms with Gasteiger partial charge < -0.3 is 14.6 Å². The quantitative estimate of drug-likeness (QED) is 0.745. The van der Waals surface area contributed by atoms with Gasteiger partial charge in [-0.05, 0) is 42.0 Å². The largest absolute Gasteiger partial charge is 0.573 e. The van der Waals surface area contributed by atoms with Crippen molar-refractivity contribution < 1.29 is 37.3 Å². The number of methoxy groups -OCH3 is 1. The summed E-state index contributed by atoms with van der Waals surface area (Å²) >= 11 is 0. The van der Waals surface area contributed by atoms with Crippen molar-refractivity contribution in [3.8, 4) is 11.5 Å². The topological polar surface area (TPSA) is 76.1 Å². The molecule has 1 unspecified atom stereocenters. The molecule has 0 fully saturated rings. The zero-order chi connectivity index (χ0) is 22.1. The van der Waals surface area contributed by atoms with Gasteiger partial charge in [0.15, 0.2) is 11.5 Å². The maximum Gasteiger partial charge on any atom is 0.573 e. The third kappa shape index (κ3) is 4.10. The number of amides is 1. The van der Waals surface area contributed by atoms with E-state index in [1.54, 1.807) is 31.2 Å². The van der Waals surface area contributed by atoms with Crippen molar-refractivity contribution in [1.82, 2.24) is 0 Å². The molecular formula is C21H18F3NO5. The summed E-state index contributed by atoms with van der Waals surface area (Å²) < 4.78 is 46.2. The van der Waals surface area contributed by atoms with Crippen LogP contribution in [0.4, 0.5) is 18.9 Å². The molecule has 2 aromatic carbocycles. The van der Waals surface area contributed by atoms with Crippen LogP contribution in [0.15, 0.2) is 59.9 Å². The predicted molar refractivity (Wildman–Crippen MR) is 101 cm³/mol. The molecule has 0 aliphatic carbocycles. The maximum atomic E-state index is 12.8. The lowest BCUT2D eigenvalue weighted by Gasteiger charge is -2.27. The molecule has 0 radical (unpaired) electrons. The molecule has 158 valence electrons. The van der Waals surface area contributed by atoms with E-state index in [9.17, 15) is 27.9 Å². The Morgan fingerprint density at radius 1 is 1.07 bits per heavy atom. The van der Waals surface area contributed by atoms with Crippen LogP contribution in [-0.4, -0.2) is 30.3 Å². The van der Waals surface area contributed by atoms with E-state index < -0.39 is 35.6 Å². The average molecular weight is 421 g/mol. The average Bonchev–Trinajstić information content (AvgIpc) is 2.98. The van der Waals surface area contributed by atoms with E-state index in [4.69, 9.17) is 4.74 Å². The van der Waals surface area contributed by atoms with E-state index in [1.165, 1.54) is 19.2 Å². The molecule has 6 nitrogen and oxygen atoms in total. The number of aliphatic hydroxyl groups is 1. The number of hydrogen-bond donors (Lipinski definition) is 1. The molecule has 1 amide bonds. The summed E-state index contributed by atoms with van der Waals surface area (Å²) in [6.07, 6.45) is -4.79. The van der Waals surface area contributed by atoms with Crippen LogP contribution in [0.2, 0.25) is 0 Å². The summed E-state index contributed by atoms with van der Waals surface area (Å²) in [5, 5.41) is 10.4. The monoisotopic (exact) mass is 421 g/mol. The molecule has 1 atom stereocenters. The zero-order valence-electron chi connectivity index (χ0n) is 16.1. The van der Waals surface area contributed by atoms with E-state index >= 15 is 0 Å². The zero-order valence-corrected chi connectivity index (χ0v) is 16.1. The fourth-order valence-corrected chi connectivity index (χ4v) is 3.26. The lowest BCUT2D eigenvalue weighted by molar-refractivity contribution is -0.274. The third-order valence-corrected chi connectivity index (χ3v) is 4.61. The van der Waals surface area contributed by atoms with E-state index in [2.05, 4.69) is 4.74 Å². The second-order valence-corrected chi connectivity index (χ2v) is 6.43. The maximum absolute atomic E-state index is 12.8. The molecule has 1 N–H and O–H groups in total. The van der Waals surface area contributed by atoms with Gasteiger partial charge in [0, 0.05) is 12.1 Å². The first-order valence-corrected chi connectivity index (χ1v) is 8.96. The highest BCUT2D eigenvalue weighted by molar-refractivity contribution is 6.16. The van der Waals surface area contributed by atoms with Crippen LogP contribution in [0.1, 0.15) is 24.9 Å². The van der Waals surface area contributed by atoms with Crippen LogP contribution in [0.25, 0.3) is 0 Å². The molecule has 3 rings (SSSR count). The third-order valence-electron chi connectivity index (χ3n) is 4.61. The molecule has 2 aromatic rings. The lowest BCUT2D eigenvalue weighted by atomic mass is 9.95. The van der Waals surface area contributed by atoms with Crippen LogP contribution in [0.5, 0.6) is 11.5 Å². The van der Waals surface area contributed by atoms with Gasteiger partial charge in [0.25, 0.3) is 5.91 Å². The number of anilines is 1. The number of rotatable bonds is 6. The van der Waals surface area contributed by atoms with Crippen LogP contribution in [-0.2, 0) is 9.59 Å². The van der Waals surface area contributed by atoms with Crippen molar-refractivity contribution in [2.75, 3.05) is 12.0 Å². The molecule has 0 saturated carbocycles. The van der Waals surface area contributed by atoms with Gasteiger partial charge in [-0.15, -0.1) is 13.2 Å². The van der Waals surface area contributed by atoms with Gasteiger partial charge in [-0.2, -0.15) is 0 Å². The number of carbonyl (C=O) groups excluding carboxylic acids is 2. The van der Waals surface area contributed by atoms with Crippen molar-refractivity contribution in [1.29, 1.82) is 0 Å². The second-order valence-electron chi connectivity index (χ2n) is 6.43. The molecule has 1 aliphatic heterocycles. The number of ketones is 1. The normalized spacial score (nSPS) is 16.8. The Morgan fingerprint density at radius 3 is 2.13 bits per heavy atom. The fourth-order valence-electron chi connectivity index (χ4n) is 3.26. The molecule has 1 heterocycles.